The normalized spacial score (nSPS) is 11.0. The first-order valence-electron chi connectivity index (χ1n) is 29.1. The van der Waals surface area contributed by atoms with E-state index >= 15 is 0 Å². The summed E-state index contributed by atoms with van der Waals surface area (Å²) in [4.78, 5) is 20.5. The highest BCUT2D eigenvalue weighted by Gasteiger charge is 2.22. The lowest BCUT2D eigenvalue weighted by atomic mass is 9.97. The van der Waals surface area contributed by atoms with Crippen molar-refractivity contribution in [2.45, 2.75) is 0 Å². The van der Waals surface area contributed by atoms with Crippen LogP contribution in [0.25, 0.3) is 55.8 Å². The van der Waals surface area contributed by atoms with Crippen LogP contribution in [-0.4, -0.2) is 9.97 Å². The summed E-state index contributed by atoms with van der Waals surface area (Å²) in [5.74, 6) is 0. The highest BCUT2D eigenvalue weighted by Crippen LogP contribution is 2.44. The summed E-state index contributed by atoms with van der Waals surface area (Å²) in [5, 5.41) is 0. The minimum Gasteiger partial charge on any atom is -0.311 e. The van der Waals surface area contributed by atoms with Crippen LogP contribution in [0.1, 0.15) is 0 Å². The summed E-state index contributed by atoms with van der Waals surface area (Å²) in [6.07, 6.45) is 0. The Morgan fingerprint density at radius 3 is 0.767 bits per heavy atom. The van der Waals surface area contributed by atoms with Crippen molar-refractivity contribution in [3.8, 4) is 44.8 Å². The molecule has 0 N–H and O–H groups in total. The van der Waals surface area contributed by atoms with E-state index in [0.29, 0.717) is 0 Å². The first-order chi connectivity index (χ1) is 42.7. The van der Waals surface area contributed by atoms with Crippen molar-refractivity contribution in [1.29, 1.82) is 0 Å². The Morgan fingerprint density at radius 2 is 0.430 bits per heavy atom. The molecule has 0 bridgehead atoms. The lowest BCUT2D eigenvalue weighted by Crippen LogP contribution is -2.12. The van der Waals surface area contributed by atoms with Crippen LogP contribution in [0.4, 0.5) is 68.2 Å². The molecule has 0 amide bonds. The number of aromatic nitrogens is 2. The zero-order chi connectivity index (χ0) is 57.4. The van der Waals surface area contributed by atoms with Gasteiger partial charge in [0.05, 0.1) is 22.4 Å². The van der Waals surface area contributed by atoms with E-state index < -0.39 is 0 Å². The van der Waals surface area contributed by atoms with E-state index in [4.69, 9.17) is 9.97 Å². The standard InChI is InChI=1S/C80H58N6/c1-8-24-59(25-9-1)62-26-22-27-63(58-62)76-40-23-41-77-80(76)82-79(61-44-48-71(49-45-61)86(69-38-20-7-21-39-69)75-56-52-73(53-57-75)84(66-32-14-4-15-33-66)67-34-16-5-17-35-67)78(81-77)60-42-46-70(47-43-60)85(68-36-18-6-19-37-68)74-54-50-72(51-55-74)83(64-28-10-2-11-29-64)65-30-12-3-13-31-65/h1-58H. The Balaban J connectivity index is 0.858. The predicted octanol–water partition coefficient (Wildman–Crippen LogP) is 22.2. The molecule has 408 valence electrons. The summed E-state index contributed by atoms with van der Waals surface area (Å²) in [7, 11) is 0. The highest BCUT2D eigenvalue weighted by atomic mass is 15.2. The number of hydrogen-bond donors (Lipinski definition) is 0. The van der Waals surface area contributed by atoms with E-state index in [-0.39, 0.29) is 0 Å². The topological polar surface area (TPSA) is 38.7 Å². The van der Waals surface area contributed by atoms with Crippen LogP contribution in [0.2, 0.25) is 0 Å². The molecule has 0 saturated carbocycles. The fourth-order valence-electron chi connectivity index (χ4n) is 11.5. The number of rotatable bonds is 16. The van der Waals surface area contributed by atoms with E-state index in [9.17, 15) is 0 Å². The van der Waals surface area contributed by atoms with Crippen molar-refractivity contribution in [2.75, 3.05) is 19.6 Å². The monoisotopic (exact) mass is 1100 g/mol. The van der Waals surface area contributed by atoms with Crippen molar-refractivity contribution in [3.05, 3.63) is 352 Å². The molecule has 1 aromatic heterocycles. The molecule has 13 aromatic carbocycles. The Morgan fingerprint density at radius 1 is 0.174 bits per heavy atom. The van der Waals surface area contributed by atoms with Crippen molar-refractivity contribution in [3.63, 3.8) is 0 Å². The van der Waals surface area contributed by atoms with Crippen LogP contribution >= 0.6 is 0 Å². The van der Waals surface area contributed by atoms with Gasteiger partial charge in [0.15, 0.2) is 0 Å². The molecule has 0 atom stereocenters. The summed E-state index contributed by atoms with van der Waals surface area (Å²) >= 11 is 0. The Hall–Kier alpha value is -11.6. The third-order valence-corrected chi connectivity index (χ3v) is 15.6. The van der Waals surface area contributed by atoms with Crippen LogP contribution in [0.3, 0.4) is 0 Å². The zero-order valence-electron chi connectivity index (χ0n) is 47.2. The van der Waals surface area contributed by atoms with Gasteiger partial charge in [-0.3, -0.25) is 0 Å². The molecule has 14 aromatic rings. The molecule has 0 fully saturated rings. The average molecular weight is 1100 g/mol. The molecule has 0 saturated heterocycles. The molecule has 0 radical (unpaired) electrons. The Labute approximate surface area is 502 Å². The minimum absolute atomic E-state index is 0.790. The maximum absolute atomic E-state index is 5.69. The van der Waals surface area contributed by atoms with Gasteiger partial charge in [-0.15, -0.1) is 0 Å². The van der Waals surface area contributed by atoms with Crippen molar-refractivity contribution < 1.29 is 0 Å². The van der Waals surface area contributed by atoms with Crippen LogP contribution in [0.15, 0.2) is 352 Å². The molecule has 0 aliphatic rings. The average Bonchev–Trinajstić information content (AvgIpc) is 1.35. The number of anilines is 12. The van der Waals surface area contributed by atoms with E-state index in [0.717, 1.165) is 124 Å². The van der Waals surface area contributed by atoms with Gasteiger partial charge in [0.2, 0.25) is 0 Å². The van der Waals surface area contributed by atoms with Crippen LogP contribution in [0, 0.1) is 0 Å². The van der Waals surface area contributed by atoms with E-state index in [2.05, 4.69) is 371 Å². The quantitative estimate of drug-likeness (QED) is 0.0960. The SMILES string of the molecule is c1ccc(-c2cccc(-c3cccc4nc(-c5ccc(N(c6ccccc6)c6ccc(N(c7ccccc7)c7ccccc7)cc6)cc5)c(-c5ccc(N(c6ccccc6)c6ccc(N(c7ccccc7)c7ccccc7)cc6)cc5)nc34)c2)cc1. The third-order valence-electron chi connectivity index (χ3n) is 15.6. The fourth-order valence-corrected chi connectivity index (χ4v) is 11.5. The Kier molecular flexibility index (Phi) is 14.7. The molecule has 0 unspecified atom stereocenters. The number of benzene rings is 13. The highest BCUT2D eigenvalue weighted by molar-refractivity contribution is 5.97. The first kappa shape index (κ1) is 52.5. The summed E-state index contributed by atoms with van der Waals surface area (Å²) in [5.41, 5.74) is 22.2. The van der Waals surface area contributed by atoms with Gasteiger partial charge in [0, 0.05) is 84.9 Å². The third kappa shape index (κ3) is 10.9. The van der Waals surface area contributed by atoms with E-state index in [1.54, 1.807) is 0 Å². The van der Waals surface area contributed by atoms with Gasteiger partial charge in [-0.2, -0.15) is 0 Å². The van der Waals surface area contributed by atoms with E-state index in [1.807, 2.05) is 0 Å². The lowest BCUT2D eigenvalue weighted by molar-refractivity contribution is 1.25. The molecule has 6 heteroatoms. The number of hydrogen-bond acceptors (Lipinski definition) is 6. The number of para-hydroxylation sites is 7. The second-order valence-electron chi connectivity index (χ2n) is 21.0. The van der Waals surface area contributed by atoms with Gasteiger partial charge in [0.25, 0.3) is 0 Å². The molecular formula is C80H58N6. The smallest absolute Gasteiger partial charge is 0.0973 e. The molecular weight excluding hydrogens is 1040 g/mol. The molecule has 0 aliphatic heterocycles. The largest absolute Gasteiger partial charge is 0.311 e. The van der Waals surface area contributed by atoms with Gasteiger partial charge < -0.3 is 19.6 Å². The maximum atomic E-state index is 5.69. The van der Waals surface area contributed by atoms with Crippen LogP contribution in [-0.2, 0) is 0 Å². The van der Waals surface area contributed by atoms with Gasteiger partial charge >= 0.3 is 0 Å². The maximum Gasteiger partial charge on any atom is 0.0973 e. The fraction of sp³-hybridized carbons (Fsp3) is 0. The van der Waals surface area contributed by atoms with Crippen molar-refractivity contribution in [1.82, 2.24) is 9.97 Å². The molecule has 0 spiro atoms. The van der Waals surface area contributed by atoms with Gasteiger partial charge in [-0.1, -0.05) is 194 Å². The molecule has 1 heterocycles. The molecule has 86 heavy (non-hydrogen) atoms. The second kappa shape index (κ2) is 24.1. The van der Waals surface area contributed by atoms with E-state index in [1.165, 1.54) is 0 Å². The van der Waals surface area contributed by atoms with Gasteiger partial charge in [0.1, 0.15) is 0 Å². The van der Waals surface area contributed by atoms with Gasteiger partial charge in [-0.05, 0) is 174 Å². The first-order valence-corrected chi connectivity index (χ1v) is 29.1. The van der Waals surface area contributed by atoms with Crippen LogP contribution < -0.4 is 19.6 Å². The predicted molar refractivity (Wildman–Crippen MR) is 360 cm³/mol. The number of nitrogens with zero attached hydrogens (tertiary/aromatic N) is 6. The summed E-state index contributed by atoms with van der Waals surface area (Å²) in [6.45, 7) is 0. The van der Waals surface area contributed by atoms with Gasteiger partial charge in [-0.25, -0.2) is 9.97 Å². The molecule has 14 rings (SSSR count). The number of fused-ring (bicyclic) bond motifs is 1. The lowest BCUT2D eigenvalue weighted by Gasteiger charge is -2.28. The van der Waals surface area contributed by atoms with Crippen LogP contribution in [0.5, 0.6) is 0 Å². The molecule has 0 aliphatic carbocycles. The molecule has 6 nitrogen and oxygen atoms in total. The zero-order valence-corrected chi connectivity index (χ0v) is 47.2. The van der Waals surface area contributed by atoms with Crippen molar-refractivity contribution in [2.24, 2.45) is 0 Å². The van der Waals surface area contributed by atoms with Crippen molar-refractivity contribution >= 4 is 79.3 Å². The minimum atomic E-state index is 0.790. The summed E-state index contributed by atoms with van der Waals surface area (Å²) in [6, 6.07) is 124. The second-order valence-corrected chi connectivity index (χ2v) is 21.0. The summed E-state index contributed by atoms with van der Waals surface area (Å²) < 4.78 is 0. The Bertz CT molecular complexity index is 4440.